The number of nitrogens with one attached hydrogen (secondary N) is 1. The van der Waals surface area contributed by atoms with E-state index in [-0.39, 0.29) is 12.1 Å². The normalized spacial score (nSPS) is 12.9. The minimum atomic E-state index is 0.121. The zero-order valence-corrected chi connectivity index (χ0v) is 13.6. The Morgan fingerprint density at radius 2 is 2.10 bits per heavy atom. The van der Waals surface area contributed by atoms with Crippen molar-refractivity contribution >= 4 is 22.8 Å². The van der Waals surface area contributed by atoms with Gasteiger partial charge in [0.15, 0.2) is 0 Å². The molecule has 3 N–H and O–H groups in total. The number of anilines is 2. The molecule has 5 nitrogen and oxygen atoms in total. The van der Waals surface area contributed by atoms with Gasteiger partial charge in [-0.2, -0.15) is 5.10 Å². The van der Waals surface area contributed by atoms with Crippen molar-refractivity contribution in [1.82, 2.24) is 14.8 Å². The van der Waals surface area contributed by atoms with Crippen LogP contribution in [0, 0.1) is 6.92 Å². The number of nitrogens with zero attached hydrogens (tertiary/aromatic N) is 3. The molecule has 1 atom stereocenters. The summed E-state index contributed by atoms with van der Waals surface area (Å²) in [7, 11) is 0. The Morgan fingerprint density at radius 3 is 2.65 bits per heavy atom. The van der Waals surface area contributed by atoms with Crippen molar-refractivity contribution in [3.63, 3.8) is 0 Å². The molecule has 110 valence electrons. The van der Waals surface area contributed by atoms with E-state index in [1.165, 1.54) is 4.88 Å². The molecule has 0 aromatic carbocycles. The lowest BCUT2D eigenvalue weighted by atomic mass is 10.3. The van der Waals surface area contributed by atoms with Gasteiger partial charge in [0, 0.05) is 17.1 Å². The first kappa shape index (κ1) is 14.8. The highest BCUT2D eigenvalue weighted by atomic mass is 32.1. The predicted molar refractivity (Wildman–Crippen MR) is 85.3 cm³/mol. The number of rotatable bonds is 5. The molecule has 6 heteroatoms. The smallest absolute Gasteiger partial charge is 0.148 e. The van der Waals surface area contributed by atoms with Crippen LogP contribution in [0.4, 0.5) is 11.5 Å². The molecule has 0 radical (unpaired) electrons. The molecule has 0 aliphatic rings. The molecule has 0 aliphatic heterocycles. The van der Waals surface area contributed by atoms with Gasteiger partial charge in [0.1, 0.15) is 10.8 Å². The fourth-order valence-corrected chi connectivity index (χ4v) is 2.89. The third kappa shape index (κ3) is 2.80. The minimum Gasteiger partial charge on any atom is -0.394 e. The largest absolute Gasteiger partial charge is 0.394 e. The van der Waals surface area contributed by atoms with E-state index in [2.05, 4.69) is 43.1 Å². The quantitative estimate of drug-likeness (QED) is 0.884. The molecule has 2 aromatic rings. The van der Waals surface area contributed by atoms with Gasteiger partial charge in [-0.25, -0.2) is 9.67 Å². The van der Waals surface area contributed by atoms with Crippen LogP contribution in [0.1, 0.15) is 55.4 Å². The molecular formula is C14H23N5S. The third-order valence-electron chi connectivity index (χ3n) is 3.26. The highest BCUT2D eigenvalue weighted by Gasteiger charge is 2.18. The van der Waals surface area contributed by atoms with Crippen LogP contribution < -0.4 is 11.1 Å². The Hall–Kier alpha value is -1.56. The van der Waals surface area contributed by atoms with E-state index in [4.69, 9.17) is 5.73 Å². The number of hydrogen-bond donors (Lipinski definition) is 2. The Labute approximate surface area is 124 Å². The highest BCUT2D eigenvalue weighted by molar-refractivity contribution is 7.11. The van der Waals surface area contributed by atoms with Crippen molar-refractivity contribution in [2.24, 2.45) is 0 Å². The molecule has 20 heavy (non-hydrogen) atoms. The summed E-state index contributed by atoms with van der Waals surface area (Å²) in [5, 5.41) is 9.03. The van der Waals surface area contributed by atoms with Gasteiger partial charge in [0.05, 0.1) is 17.4 Å². The number of aromatic nitrogens is 3. The standard InChI is InChI=1S/C14H23N5S/c1-6-11-7-16-14(20-11)10(5)17-13-12(15)9(4)18-19(13)8(2)3/h7-8,10,17H,6,15H2,1-5H3. The van der Waals surface area contributed by atoms with E-state index < -0.39 is 0 Å². The number of nitrogens with two attached hydrogens (primary N) is 1. The summed E-state index contributed by atoms with van der Waals surface area (Å²) in [6.07, 6.45) is 2.97. The van der Waals surface area contributed by atoms with Gasteiger partial charge in [-0.15, -0.1) is 11.3 Å². The number of hydrogen-bond acceptors (Lipinski definition) is 5. The van der Waals surface area contributed by atoms with Crippen molar-refractivity contribution in [2.75, 3.05) is 11.1 Å². The second-order valence-electron chi connectivity index (χ2n) is 5.27. The molecule has 1 unspecified atom stereocenters. The van der Waals surface area contributed by atoms with E-state index >= 15 is 0 Å². The van der Waals surface area contributed by atoms with Crippen molar-refractivity contribution in [3.8, 4) is 0 Å². The molecule has 2 rings (SSSR count). The van der Waals surface area contributed by atoms with Crippen LogP contribution in [0.5, 0.6) is 0 Å². The van der Waals surface area contributed by atoms with Crippen LogP contribution in [-0.4, -0.2) is 14.8 Å². The third-order valence-corrected chi connectivity index (χ3v) is 4.59. The summed E-state index contributed by atoms with van der Waals surface area (Å²) in [5.74, 6) is 0.887. The molecule has 2 heterocycles. The molecule has 2 aromatic heterocycles. The second-order valence-corrected chi connectivity index (χ2v) is 6.42. The first-order chi connectivity index (χ1) is 9.43. The summed E-state index contributed by atoms with van der Waals surface area (Å²) in [5.41, 5.74) is 7.72. The molecule has 0 bridgehead atoms. The van der Waals surface area contributed by atoms with Crippen LogP contribution in [0.2, 0.25) is 0 Å². The second kappa shape index (κ2) is 5.83. The zero-order valence-electron chi connectivity index (χ0n) is 12.8. The van der Waals surface area contributed by atoms with E-state index in [0.29, 0.717) is 0 Å². The predicted octanol–water partition coefficient (Wildman–Crippen LogP) is 3.55. The lowest BCUT2D eigenvalue weighted by Gasteiger charge is -2.17. The van der Waals surface area contributed by atoms with Crippen LogP contribution in [0.3, 0.4) is 0 Å². The van der Waals surface area contributed by atoms with Crippen LogP contribution in [0.15, 0.2) is 6.20 Å². The molecule has 0 fully saturated rings. The summed E-state index contributed by atoms with van der Waals surface area (Å²) >= 11 is 1.74. The van der Waals surface area contributed by atoms with E-state index in [0.717, 1.165) is 28.6 Å². The average Bonchev–Trinajstić information content (AvgIpc) is 2.98. The molecule has 0 aliphatic carbocycles. The average molecular weight is 293 g/mol. The van der Waals surface area contributed by atoms with Gasteiger partial charge in [0.2, 0.25) is 0 Å². The van der Waals surface area contributed by atoms with Crippen molar-refractivity contribution in [1.29, 1.82) is 0 Å². The fourth-order valence-electron chi connectivity index (χ4n) is 2.03. The highest BCUT2D eigenvalue weighted by Crippen LogP contribution is 2.30. The van der Waals surface area contributed by atoms with Crippen molar-refractivity contribution < 1.29 is 0 Å². The maximum atomic E-state index is 6.14. The topological polar surface area (TPSA) is 68.8 Å². The Kier molecular flexibility index (Phi) is 4.32. The lowest BCUT2D eigenvalue weighted by Crippen LogP contribution is -2.14. The molecule has 0 saturated heterocycles. The molecule has 0 amide bonds. The first-order valence-corrected chi connectivity index (χ1v) is 7.81. The zero-order chi connectivity index (χ0) is 14.9. The number of nitrogen functional groups attached to an aromatic ring is 1. The van der Waals surface area contributed by atoms with Crippen LogP contribution in [-0.2, 0) is 6.42 Å². The Morgan fingerprint density at radius 1 is 1.40 bits per heavy atom. The Bertz CT molecular complexity index is 584. The van der Waals surface area contributed by atoms with Gasteiger partial charge in [0.25, 0.3) is 0 Å². The minimum absolute atomic E-state index is 0.121. The Balaban J connectivity index is 2.25. The molecular weight excluding hydrogens is 270 g/mol. The van der Waals surface area contributed by atoms with Gasteiger partial charge in [-0.05, 0) is 34.1 Å². The maximum absolute atomic E-state index is 6.14. The van der Waals surface area contributed by atoms with Crippen molar-refractivity contribution in [2.45, 2.75) is 53.1 Å². The summed E-state index contributed by atoms with van der Waals surface area (Å²) in [6.45, 7) is 10.4. The number of aryl methyl sites for hydroxylation is 2. The van der Waals surface area contributed by atoms with E-state index in [1.807, 2.05) is 17.8 Å². The van der Waals surface area contributed by atoms with Gasteiger partial charge in [-0.3, -0.25) is 0 Å². The first-order valence-electron chi connectivity index (χ1n) is 6.99. The van der Waals surface area contributed by atoms with Gasteiger partial charge in [-0.1, -0.05) is 6.92 Å². The van der Waals surface area contributed by atoms with Crippen LogP contribution in [0.25, 0.3) is 0 Å². The van der Waals surface area contributed by atoms with E-state index in [1.54, 1.807) is 11.3 Å². The van der Waals surface area contributed by atoms with Crippen molar-refractivity contribution in [3.05, 3.63) is 21.8 Å². The molecule has 0 spiro atoms. The summed E-state index contributed by atoms with van der Waals surface area (Å²) in [4.78, 5) is 5.78. The van der Waals surface area contributed by atoms with Crippen LogP contribution >= 0.6 is 11.3 Å². The van der Waals surface area contributed by atoms with E-state index in [9.17, 15) is 0 Å². The summed E-state index contributed by atoms with van der Waals surface area (Å²) < 4.78 is 1.94. The van der Waals surface area contributed by atoms with Gasteiger partial charge < -0.3 is 11.1 Å². The monoisotopic (exact) mass is 293 g/mol. The summed E-state index contributed by atoms with van der Waals surface area (Å²) in [6, 6.07) is 0.388. The lowest BCUT2D eigenvalue weighted by molar-refractivity contribution is 0.532. The SMILES string of the molecule is CCc1cnc(C(C)Nc2c(N)c(C)nn2C(C)C)s1. The fraction of sp³-hybridized carbons (Fsp3) is 0.571. The number of thiazole rings is 1. The van der Waals surface area contributed by atoms with Gasteiger partial charge >= 0.3 is 0 Å². The molecule has 0 saturated carbocycles. The maximum Gasteiger partial charge on any atom is 0.148 e.